The molecule has 0 bridgehead atoms. The first-order valence-electron chi connectivity index (χ1n) is 14.7. The number of carbonyl (C=O) groups is 1. The Labute approximate surface area is 268 Å². The fourth-order valence-electron chi connectivity index (χ4n) is 5.42. The second kappa shape index (κ2) is 14.3. The zero-order valence-electron chi connectivity index (χ0n) is 25.3. The van der Waals surface area contributed by atoms with Gasteiger partial charge in [0.15, 0.2) is 0 Å². The van der Waals surface area contributed by atoms with E-state index in [0.29, 0.717) is 34.3 Å². The number of likely N-dealkylation sites (tertiary alicyclic amines) is 1. The molecule has 1 saturated heterocycles. The fourth-order valence-corrected chi connectivity index (χ4v) is 5.95. The van der Waals surface area contributed by atoms with Crippen LogP contribution in [0.15, 0.2) is 63.9 Å². The van der Waals surface area contributed by atoms with Gasteiger partial charge in [-0.3, -0.25) is 15.4 Å². The normalized spacial score (nSPS) is 15.9. The SMILES string of the molecule is CCN1CCC(C(CCc2cc3cc(C(=N)N)ccc3o2)Nc2cc(C)nc(NC(=O)NSc3ccc(OC(F)(F)F)cc3)n2)C1. The van der Waals surface area contributed by atoms with Crippen molar-refractivity contribution in [2.45, 2.75) is 50.4 Å². The van der Waals surface area contributed by atoms with Crippen molar-refractivity contribution in [3.8, 4) is 5.75 Å². The van der Waals surface area contributed by atoms with Crippen LogP contribution in [0.2, 0.25) is 0 Å². The van der Waals surface area contributed by atoms with E-state index in [1.165, 1.54) is 12.1 Å². The van der Waals surface area contributed by atoms with Crippen molar-refractivity contribution in [1.82, 2.24) is 19.6 Å². The molecule has 1 fully saturated rings. The molecule has 1 aliphatic heterocycles. The predicted molar refractivity (Wildman–Crippen MR) is 171 cm³/mol. The zero-order valence-corrected chi connectivity index (χ0v) is 26.1. The fraction of sp³-hybridized carbons (Fsp3) is 0.355. The minimum absolute atomic E-state index is 0.00834. The molecule has 2 unspecified atom stereocenters. The number of halogens is 3. The van der Waals surface area contributed by atoms with Gasteiger partial charge in [0.25, 0.3) is 0 Å². The van der Waals surface area contributed by atoms with Gasteiger partial charge in [0.2, 0.25) is 5.95 Å². The number of nitrogens with zero attached hydrogens (tertiary/aromatic N) is 3. The highest BCUT2D eigenvalue weighted by atomic mass is 32.2. The molecular formula is C31H35F3N8O3S. The predicted octanol–water partition coefficient (Wildman–Crippen LogP) is 6.30. The minimum Gasteiger partial charge on any atom is -0.461 e. The maximum Gasteiger partial charge on any atom is 0.573 e. The van der Waals surface area contributed by atoms with Crippen molar-refractivity contribution < 1.29 is 27.1 Å². The van der Waals surface area contributed by atoms with E-state index in [9.17, 15) is 18.0 Å². The van der Waals surface area contributed by atoms with Gasteiger partial charge >= 0.3 is 12.4 Å². The highest BCUT2D eigenvalue weighted by Crippen LogP contribution is 2.28. The van der Waals surface area contributed by atoms with Crippen LogP contribution in [0.1, 0.15) is 36.8 Å². The molecule has 2 atom stereocenters. The second-order valence-electron chi connectivity index (χ2n) is 11.0. The number of nitrogens with two attached hydrogens (primary N) is 1. The van der Waals surface area contributed by atoms with Crippen molar-refractivity contribution in [1.29, 1.82) is 5.41 Å². The van der Waals surface area contributed by atoms with Crippen molar-refractivity contribution in [2.24, 2.45) is 11.7 Å². The van der Waals surface area contributed by atoms with Gasteiger partial charge in [-0.05, 0) is 99.3 Å². The number of benzene rings is 2. The van der Waals surface area contributed by atoms with E-state index in [4.69, 9.17) is 15.6 Å². The van der Waals surface area contributed by atoms with Crippen LogP contribution in [-0.4, -0.2) is 58.8 Å². The van der Waals surface area contributed by atoms with Crippen molar-refractivity contribution in [3.63, 3.8) is 0 Å². The number of hydrogen-bond acceptors (Lipinski definition) is 9. The third kappa shape index (κ3) is 9.03. The van der Waals surface area contributed by atoms with Crippen LogP contribution in [0.25, 0.3) is 11.0 Å². The topological polar surface area (TPSA) is 154 Å². The van der Waals surface area contributed by atoms with Gasteiger partial charge < -0.3 is 25.1 Å². The number of nitrogen functional groups attached to an aromatic ring is 1. The maximum atomic E-state index is 12.6. The molecule has 2 amide bonds. The maximum absolute atomic E-state index is 12.6. The average Bonchev–Trinajstić information content (AvgIpc) is 3.64. The molecule has 2 aromatic carbocycles. The summed E-state index contributed by atoms with van der Waals surface area (Å²) in [6.07, 6.45) is -2.29. The van der Waals surface area contributed by atoms with E-state index in [2.05, 4.69) is 41.9 Å². The summed E-state index contributed by atoms with van der Waals surface area (Å²) < 4.78 is 49.7. The summed E-state index contributed by atoms with van der Waals surface area (Å²) in [5.41, 5.74) is 7.70. The molecule has 2 aromatic heterocycles. The molecule has 0 spiro atoms. The Kier molecular flexibility index (Phi) is 10.2. The lowest BCUT2D eigenvalue weighted by molar-refractivity contribution is -0.274. The molecule has 0 saturated carbocycles. The number of alkyl halides is 3. The number of hydrogen-bond donors (Lipinski definition) is 5. The molecule has 244 valence electrons. The van der Waals surface area contributed by atoms with Crippen LogP contribution < -0.4 is 25.8 Å². The van der Waals surface area contributed by atoms with Gasteiger partial charge in [-0.25, -0.2) is 9.78 Å². The first kappa shape index (κ1) is 32.9. The number of rotatable bonds is 12. The van der Waals surface area contributed by atoms with E-state index in [1.807, 2.05) is 31.2 Å². The molecule has 0 aliphatic carbocycles. The third-order valence-electron chi connectivity index (χ3n) is 7.64. The van der Waals surface area contributed by atoms with E-state index in [1.54, 1.807) is 6.07 Å². The second-order valence-corrected chi connectivity index (χ2v) is 11.9. The number of fused-ring (bicyclic) bond motifs is 1. The summed E-state index contributed by atoms with van der Waals surface area (Å²) in [7, 11) is 0. The van der Waals surface area contributed by atoms with Crippen LogP contribution in [-0.2, 0) is 6.42 Å². The van der Waals surface area contributed by atoms with E-state index >= 15 is 0 Å². The molecule has 3 heterocycles. The van der Waals surface area contributed by atoms with Gasteiger partial charge in [-0.2, -0.15) is 4.98 Å². The van der Waals surface area contributed by atoms with Gasteiger partial charge in [0, 0.05) is 46.6 Å². The lowest BCUT2D eigenvalue weighted by atomic mass is 9.94. The van der Waals surface area contributed by atoms with Crippen LogP contribution >= 0.6 is 11.9 Å². The number of anilines is 2. The number of amides is 2. The van der Waals surface area contributed by atoms with Crippen LogP contribution in [0.4, 0.5) is 29.7 Å². The van der Waals surface area contributed by atoms with Crippen LogP contribution in [0.5, 0.6) is 5.75 Å². The standard InChI is InChI=1S/C31H35F3N8O3S/c1-3-42-13-12-20(17-42)25(10-7-23-16-21-15-19(28(35)36)4-11-26(21)44-23)38-27-14-18(2)37-29(39-27)40-30(43)41-46-24-8-5-22(6-9-24)45-31(32,33)34/h4-6,8-9,11,14-16,20,25H,3,7,10,12-13,17H2,1-2H3,(H3,35,36)(H3,37,38,39,40,41,43). The Morgan fingerprint density at radius 2 is 1.98 bits per heavy atom. The lowest BCUT2D eigenvalue weighted by Gasteiger charge is -2.26. The molecule has 5 rings (SSSR count). The Bertz CT molecular complexity index is 1680. The first-order valence-corrected chi connectivity index (χ1v) is 15.6. The molecule has 4 aromatic rings. The number of nitrogens with one attached hydrogen (secondary N) is 4. The van der Waals surface area contributed by atoms with Crippen molar-refractivity contribution >= 4 is 46.6 Å². The number of amidine groups is 1. The molecule has 46 heavy (non-hydrogen) atoms. The van der Waals surface area contributed by atoms with Gasteiger partial charge in [-0.1, -0.05) is 6.92 Å². The Hall–Kier alpha value is -4.50. The average molecular weight is 657 g/mol. The number of aryl methyl sites for hydroxylation is 2. The van der Waals surface area contributed by atoms with E-state index in [-0.39, 0.29) is 23.6 Å². The minimum atomic E-state index is -4.78. The molecule has 1 aliphatic rings. The molecule has 15 heteroatoms. The Morgan fingerprint density at radius 1 is 1.20 bits per heavy atom. The summed E-state index contributed by atoms with van der Waals surface area (Å²) in [5.74, 6) is 1.54. The highest BCUT2D eigenvalue weighted by Gasteiger charge is 2.31. The summed E-state index contributed by atoms with van der Waals surface area (Å²) in [6, 6.07) is 13.9. The smallest absolute Gasteiger partial charge is 0.461 e. The molecular weight excluding hydrogens is 621 g/mol. The third-order valence-corrected chi connectivity index (χ3v) is 8.43. The van der Waals surface area contributed by atoms with Gasteiger partial charge in [0.1, 0.15) is 28.7 Å². The summed E-state index contributed by atoms with van der Waals surface area (Å²) in [6.45, 7) is 6.91. The number of urea groups is 1. The quantitative estimate of drug-likeness (QED) is 0.0672. The summed E-state index contributed by atoms with van der Waals surface area (Å²) in [5, 5.41) is 14.8. The lowest BCUT2D eigenvalue weighted by Crippen LogP contribution is -2.33. The highest BCUT2D eigenvalue weighted by molar-refractivity contribution is 7.98. The van der Waals surface area contributed by atoms with E-state index < -0.39 is 12.4 Å². The molecule has 6 N–H and O–H groups in total. The Balaban J connectivity index is 1.23. The van der Waals surface area contributed by atoms with Gasteiger partial charge in [-0.15, -0.1) is 13.2 Å². The van der Waals surface area contributed by atoms with E-state index in [0.717, 1.165) is 73.3 Å². The number of aromatic nitrogens is 2. The zero-order chi connectivity index (χ0) is 32.8. The largest absolute Gasteiger partial charge is 0.573 e. The number of carbonyl (C=O) groups excluding carboxylic acids is 1. The van der Waals surface area contributed by atoms with Crippen LogP contribution in [0, 0.1) is 18.3 Å². The monoisotopic (exact) mass is 656 g/mol. The molecule has 0 radical (unpaired) electrons. The van der Waals surface area contributed by atoms with Crippen molar-refractivity contribution in [2.75, 3.05) is 30.3 Å². The van der Waals surface area contributed by atoms with Crippen LogP contribution in [0.3, 0.4) is 0 Å². The Morgan fingerprint density at radius 3 is 2.67 bits per heavy atom. The molecule has 11 nitrogen and oxygen atoms in total. The van der Waals surface area contributed by atoms with Gasteiger partial charge in [0.05, 0.1) is 0 Å². The first-order chi connectivity index (χ1) is 21.9. The van der Waals surface area contributed by atoms with Crippen molar-refractivity contribution in [3.05, 3.63) is 71.6 Å². The summed E-state index contributed by atoms with van der Waals surface area (Å²) >= 11 is 0.920. The summed E-state index contributed by atoms with van der Waals surface area (Å²) in [4.78, 5) is 24.4. The number of ether oxygens (including phenoxy) is 1. The number of furan rings is 1.